The first-order valence-corrected chi connectivity index (χ1v) is 7.52. The van der Waals surface area contributed by atoms with Gasteiger partial charge >= 0.3 is 0 Å². The molecule has 0 spiro atoms. The van der Waals surface area contributed by atoms with Crippen LogP contribution in [0.1, 0.15) is 42.1 Å². The van der Waals surface area contributed by atoms with Gasteiger partial charge in [-0.15, -0.1) is 0 Å². The zero-order valence-electron chi connectivity index (χ0n) is 12.9. The molecule has 1 heterocycles. The summed E-state index contributed by atoms with van der Waals surface area (Å²) in [5.41, 5.74) is 6.14. The van der Waals surface area contributed by atoms with Crippen LogP contribution in [0.5, 0.6) is 0 Å². The molecular weight excluding hydrogens is 298 g/mol. The Morgan fingerprint density at radius 3 is 2.22 bits per heavy atom. The van der Waals surface area contributed by atoms with Crippen LogP contribution in [-0.4, -0.2) is 35.1 Å². The van der Waals surface area contributed by atoms with Crippen molar-refractivity contribution < 1.29 is 19.2 Å². The summed E-state index contributed by atoms with van der Waals surface area (Å²) in [4.78, 5) is 47.4. The minimum atomic E-state index is -0.462. The van der Waals surface area contributed by atoms with E-state index in [1.807, 2.05) is 19.1 Å². The molecule has 1 aromatic rings. The maximum atomic E-state index is 11.9. The zero-order valence-corrected chi connectivity index (χ0v) is 12.9. The van der Waals surface area contributed by atoms with Gasteiger partial charge in [0.1, 0.15) is 0 Å². The molecule has 0 unspecified atom stereocenters. The fourth-order valence-corrected chi connectivity index (χ4v) is 2.24. The van der Waals surface area contributed by atoms with E-state index in [4.69, 9.17) is 0 Å². The van der Waals surface area contributed by atoms with Crippen LogP contribution in [-0.2, 0) is 20.8 Å². The smallest absolute Gasteiger partial charge is 0.269 e. The summed E-state index contributed by atoms with van der Waals surface area (Å²) in [5, 5.41) is 0. The summed E-state index contributed by atoms with van der Waals surface area (Å²) in [5.74, 6) is -1.41. The average molecular weight is 317 g/mol. The van der Waals surface area contributed by atoms with Crippen LogP contribution in [0.3, 0.4) is 0 Å². The van der Waals surface area contributed by atoms with Crippen LogP contribution in [0, 0.1) is 0 Å². The molecule has 0 aromatic heterocycles. The van der Waals surface area contributed by atoms with Gasteiger partial charge in [0.05, 0.1) is 0 Å². The fraction of sp³-hybridized carbons (Fsp3) is 0.375. The first kappa shape index (κ1) is 16.7. The molecule has 7 nitrogen and oxygen atoms in total. The number of amides is 4. The molecule has 2 N–H and O–H groups in total. The van der Waals surface area contributed by atoms with Gasteiger partial charge in [0, 0.05) is 31.4 Å². The summed E-state index contributed by atoms with van der Waals surface area (Å²) in [7, 11) is 0. The van der Waals surface area contributed by atoms with Crippen molar-refractivity contribution in [1.82, 2.24) is 15.8 Å². The Morgan fingerprint density at radius 2 is 1.65 bits per heavy atom. The number of rotatable bonds is 5. The minimum Gasteiger partial charge on any atom is -0.282 e. The number of nitrogens with zero attached hydrogens (tertiary/aromatic N) is 1. The standard InChI is InChI=1S/C16H19N3O4/c1-2-11-3-5-12(6-4-11)16(23)18-17-13(20)9-10-19-14(21)7-8-15(19)22/h3-6H,2,7-10H2,1H3,(H,17,20)(H,18,23). The second-order valence-corrected chi connectivity index (χ2v) is 5.24. The van der Waals surface area contributed by atoms with E-state index in [0.29, 0.717) is 5.56 Å². The van der Waals surface area contributed by atoms with E-state index in [-0.39, 0.29) is 37.6 Å². The lowest BCUT2D eigenvalue weighted by molar-refractivity contribution is -0.138. The Kier molecular flexibility index (Phi) is 5.46. The molecule has 7 heteroatoms. The zero-order chi connectivity index (χ0) is 16.8. The number of likely N-dealkylation sites (tertiary alicyclic amines) is 1. The van der Waals surface area contributed by atoms with Crippen molar-refractivity contribution in [1.29, 1.82) is 0 Å². The van der Waals surface area contributed by atoms with Gasteiger partial charge in [-0.25, -0.2) is 0 Å². The third-order valence-electron chi connectivity index (χ3n) is 3.66. The van der Waals surface area contributed by atoms with E-state index >= 15 is 0 Å². The number of benzene rings is 1. The molecule has 0 bridgehead atoms. The molecule has 0 atom stereocenters. The summed E-state index contributed by atoms with van der Waals surface area (Å²) in [6.45, 7) is 2.05. The molecule has 1 aromatic carbocycles. The second-order valence-electron chi connectivity index (χ2n) is 5.24. The molecule has 23 heavy (non-hydrogen) atoms. The molecule has 1 saturated heterocycles. The number of nitrogens with one attached hydrogen (secondary N) is 2. The van der Waals surface area contributed by atoms with Gasteiger partial charge in [-0.2, -0.15) is 0 Å². The highest BCUT2D eigenvalue weighted by atomic mass is 16.2. The van der Waals surface area contributed by atoms with Crippen molar-refractivity contribution in [3.63, 3.8) is 0 Å². The van der Waals surface area contributed by atoms with Crippen molar-refractivity contribution in [3.8, 4) is 0 Å². The van der Waals surface area contributed by atoms with Gasteiger partial charge < -0.3 is 0 Å². The van der Waals surface area contributed by atoms with E-state index in [9.17, 15) is 19.2 Å². The topological polar surface area (TPSA) is 95.6 Å². The lowest BCUT2D eigenvalue weighted by Crippen LogP contribution is -2.43. The lowest BCUT2D eigenvalue weighted by atomic mass is 10.1. The van der Waals surface area contributed by atoms with Crippen LogP contribution >= 0.6 is 0 Å². The number of carbonyl (C=O) groups is 4. The van der Waals surface area contributed by atoms with Crippen molar-refractivity contribution in [2.75, 3.05) is 6.54 Å². The fourth-order valence-electron chi connectivity index (χ4n) is 2.24. The van der Waals surface area contributed by atoms with Crippen LogP contribution in [0.25, 0.3) is 0 Å². The lowest BCUT2D eigenvalue weighted by Gasteiger charge is -2.13. The number of imide groups is 1. The van der Waals surface area contributed by atoms with Gasteiger partial charge in [-0.1, -0.05) is 19.1 Å². The highest BCUT2D eigenvalue weighted by Gasteiger charge is 2.28. The number of hydrogen-bond donors (Lipinski definition) is 2. The second kappa shape index (κ2) is 7.53. The van der Waals surface area contributed by atoms with E-state index < -0.39 is 11.8 Å². The number of aryl methyl sites for hydroxylation is 1. The normalized spacial score (nSPS) is 14.0. The Hall–Kier alpha value is -2.70. The van der Waals surface area contributed by atoms with Gasteiger partial charge in [0.2, 0.25) is 17.7 Å². The van der Waals surface area contributed by atoms with Crippen LogP contribution in [0.2, 0.25) is 0 Å². The molecule has 1 aliphatic heterocycles. The van der Waals surface area contributed by atoms with E-state index in [1.54, 1.807) is 12.1 Å². The van der Waals surface area contributed by atoms with E-state index in [2.05, 4.69) is 10.9 Å². The summed E-state index contributed by atoms with van der Waals surface area (Å²) < 4.78 is 0. The monoisotopic (exact) mass is 317 g/mol. The SMILES string of the molecule is CCc1ccc(C(=O)NNC(=O)CCN2C(=O)CCC2=O)cc1. The third kappa shape index (κ3) is 4.38. The Morgan fingerprint density at radius 1 is 1.04 bits per heavy atom. The minimum absolute atomic E-state index is 0.0323. The molecule has 2 rings (SSSR count). The highest BCUT2D eigenvalue weighted by Crippen LogP contribution is 2.11. The van der Waals surface area contributed by atoms with E-state index in [0.717, 1.165) is 16.9 Å². The molecule has 0 saturated carbocycles. The van der Waals surface area contributed by atoms with Crippen molar-refractivity contribution >= 4 is 23.6 Å². The third-order valence-corrected chi connectivity index (χ3v) is 3.66. The predicted molar refractivity (Wildman–Crippen MR) is 82.0 cm³/mol. The van der Waals surface area contributed by atoms with Crippen molar-refractivity contribution in [2.45, 2.75) is 32.6 Å². The van der Waals surface area contributed by atoms with Crippen molar-refractivity contribution in [2.24, 2.45) is 0 Å². The van der Waals surface area contributed by atoms with Crippen LogP contribution in [0.4, 0.5) is 0 Å². The number of hydrogen-bond acceptors (Lipinski definition) is 4. The Balaban J connectivity index is 1.76. The van der Waals surface area contributed by atoms with Gasteiger partial charge in [0.25, 0.3) is 5.91 Å². The predicted octanol–water partition coefficient (Wildman–Crippen LogP) is 0.549. The maximum Gasteiger partial charge on any atom is 0.269 e. The highest BCUT2D eigenvalue weighted by molar-refractivity contribution is 6.02. The average Bonchev–Trinajstić information content (AvgIpc) is 2.89. The first-order chi connectivity index (χ1) is 11.0. The summed E-state index contributed by atoms with van der Waals surface area (Å²) >= 11 is 0. The first-order valence-electron chi connectivity index (χ1n) is 7.52. The number of carbonyl (C=O) groups excluding carboxylic acids is 4. The molecule has 0 aliphatic carbocycles. The summed E-state index contributed by atoms with van der Waals surface area (Å²) in [6.07, 6.45) is 1.23. The molecule has 1 fully saturated rings. The molecule has 4 amide bonds. The molecule has 1 aliphatic rings. The van der Waals surface area contributed by atoms with Gasteiger partial charge in [-0.05, 0) is 24.1 Å². The molecular formula is C16H19N3O4. The number of hydrazine groups is 1. The molecule has 0 radical (unpaired) electrons. The Bertz CT molecular complexity index is 609. The largest absolute Gasteiger partial charge is 0.282 e. The molecule has 122 valence electrons. The quantitative estimate of drug-likeness (QED) is 0.612. The van der Waals surface area contributed by atoms with E-state index in [1.165, 1.54) is 0 Å². The summed E-state index contributed by atoms with van der Waals surface area (Å²) in [6, 6.07) is 7.06. The Labute approximate surface area is 134 Å². The van der Waals surface area contributed by atoms with Crippen LogP contribution in [0.15, 0.2) is 24.3 Å². The van der Waals surface area contributed by atoms with Crippen LogP contribution < -0.4 is 10.9 Å². The van der Waals surface area contributed by atoms with Gasteiger partial charge in [-0.3, -0.25) is 34.9 Å². The van der Waals surface area contributed by atoms with Gasteiger partial charge in [0.15, 0.2) is 0 Å². The maximum absolute atomic E-state index is 11.9. The van der Waals surface area contributed by atoms with Crippen molar-refractivity contribution in [3.05, 3.63) is 35.4 Å².